The van der Waals surface area contributed by atoms with E-state index >= 15 is 0 Å². The second kappa shape index (κ2) is 7.97. The highest BCUT2D eigenvalue weighted by Gasteiger charge is 2.35. The van der Waals surface area contributed by atoms with Crippen molar-refractivity contribution in [2.75, 3.05) is 39.9 Å². The van der Waals surface area contributed by atoms with Gasteiger partial charge in [0.25, 0.3) is 11.8 Å². The number of carbonyl (C=O) groups is 3. The second-order valence-electron chi connectivity index (χ2n) is 7.02. The Balaban J connectivity index is 1.52. The number of rotatable bonds is 7. The zero-order valence-corrected chi connectivity index (χ0v) is 15.0. The third kappa shape index (κ3) is 3.78. The Bertz CT molecular complexity index is 657. The van der Waals surface area contributed by atoms with Gasteiger partial charge in [-0.15, -0.1) is 0 Å². The van der Waals surface area contributed by atoms with Crippen molar-refractivity contribution >= 4 is 17.7 Å². The van der Waals surface area contributed by atoms with Crippen LogP contribution in [0.25, 0.3) is 0 Å². The van der Waals surface area contributed by atoms with Gasteiger partial charge in [0.05, 0.1) is 17.7 Å². The minimum atomic E-state index is -0.326. The number of piperidine rings is 1. The molecule has 26 heavy (non-hydrogen) atoms. The van der Waals surface area contributed by atoms with Gasteiger partial charge in [0.1, 0.15) is 0 Å². The number of benzene rings is 1. The molecule has 3 rings (SSSR count). The van der Waals surface area contributed by atoms with Crippen LogP contribution >= 0.6 is 0 Å². The Labute approximate surface area is 153 Å². The molecular weight excluding hydrogens is 334 g/mol. The van der Waals surface area contributed by atoms with Crippen molar-refractivity contribution in [3.63, 3.8) is 0 Å². The van der Waals surface area contributed by atoms with Gasteiger partial charge in [0.2, 0.25) is 5.91 Å². The molecule has 0 unspecified atom stereocenters. The summed E-state index contributed by atoms with van der Waals surface area (Å²) in [4.78, 5) is 38.0. The van der Waals surface area contributed by atoms with E-state index < -0.39 is 0 Å². The van der Waals surface area contributed by atoms with E-state index in [9.17, 15) is 14.4 Å². The Morgan fingerprint density at radius 3 is 2.38 bits per heavy atom. The summed E-state index contributed by atoms with van der Waals surface area (Å²) >= 11 is 0. The Hall–Kier alpha value is -2.25. The maximum absolute atomic E-state index is 12.3. The number of fused-ring (bicyclic) bond motifs is 1. The normalized spacial score (nSPS) is 18.7. The van der Waals surface area contributed by atoms with E-state index in [1.165, 1.54) is 0 Å². The summed E-state index contributed by atoms with van der Waals surface area (Å²) in [6.45, 7) is 3.07. The molecule has 2 N–H and O–H groups in total. The number of nitrogens with one attached hydrogen (secondary N) is 2. The zero-order valence-electron chi connectivity index (χ0n) is 15.0. The van der Waals surface area contributed by atoms with Gasteiger partial charge in [-0.1, -0.05) is 12.1 Å². The fourth-order valence-electron chi connectivity index (χ4n) is 3.67. The Morgan fingerprint density at radius 2 is 1.81 bits per heavy atom. The molecule has 1 saturated heterocycles. The standard InChI is InChI=1S/C19H25N3O4/c1-26-13-19(7-9-20-10-8-19)12-21-16(23)6-11-22-17(24)14-4-2-3-5-15(14)18(22)25/h2-5,20H,6-13H2,1H3,(H,21,23). The van der Waals surface area contributed by atoms with Crippen molar-refractivity contribution in [3.05, 3.63) is 35.4 Å². The van der Waals surface area contributed by atoms with E-state index in [4.69, 9.17) is 4.74 Å². The summed E-state index contributed by atoms with van der Waals surface area (Å²) in [5.74, 6) is -0.809. The van der Waals surface area contributed by atoms with Gasteiger partial charge in [-0.25, -0.2) is 0 Å². The van der Waals surface area contributed by atoms with Crippen LogP contribution in [0.2, 0.25) is 0 Å². The van der Waals surface area contributed by atoms with Crippen LogP contribution in [-0.2, 0) is 9.53 Å². The van der Waals surface area contributed by atoms with Gasteiger partial charge in [-0.2, -0.15) is 0 Å². The fourth-order valence-corrected chi connectivity index (χ4v) is 3.67. The van der Waals surface area contributed by atoms with Gasteiger partial charge in [0.15, 0.2) is 0 Å². The topological polar surface area (TPSA) is 87.7 Å². The lowest BCUT2D eigenvalue weighted by Gasteiger charge is -2.37. The second-order valence-corrected chi connectivity index (χ2v) is 7.02. The van der Waals surface area contributed by atoms with E-state index in [0.29, 0.717) is 24.3 Å². The number of nitrogens with zero attached hydrogens (tertiary/aromatic N) is 1. The molecule has 1 fully saturated rings. The zero-order chi connectivity index (χ0) is 18.6. The van der Waals surface area contributed by atoms with Crippen molar-refractivity contribution in [1.29, 1.82) is 0 Å². The summed E-state index contributed by atoms with van der Waals surface area (Å²) in [5.41, 5.74) is 0.767. The summed E-state index contributed by atoms with van der Waals surface area (Å²) in [7, 11) is 1.67. The fraction of sp³-hybridized carbons (Fsp3) is 0.526. The first-order valence-electron chi connectivity index (χ1n) is 8.98. The van der Waals surface area contributed by atoms with Crippen LogP contribution in [0.5, 0.6) is 0 Å². The molecule has 0 saturated carbocycles. The molecule has 2 aliphatic heterocycles. The monoisotopic (exact) mass is 359 g/mol. The maximum Gasteiger partial charge on any atom is 0.261 e. The first-order valence-corrected chi connectivity index (χ1v) is 8.98. The smallest absolute Gasteiger partial charge is 0.261 e. The lowest BCUT2D eigenvalue weighted by Crippen LogP contribution is -2.47. The molecule has 7 nitrogen and oxygen atoms in total. The number of hydrogen-bond acceptors (Lipinski definition) is 5. The van der Waals surface area contributed by atoms with E-state index in [1.807, 2.05) is 0 Å². The predicted octanol–water partition coefficient (Wildman–Crippen LogP) is 0.805. The quantitative estimate of drug-likeness (QED) is 0.704. The van der Waals surface area contributed by atoms with Gasteiger partial charge in [0, 0.05) is 32.0 Å². The Kier molecular flexibility index (Phi) is 5.68. The van der Waals surface area contributed by atoms with Crippen molar-refractivity contribution in [3.8, 4) is 0 Å². The molecular formula is C19H25N3O4. The molecule has 3 amide bonds. The lowest BCUT2D eigenvalue weighted by molar-refractivity contribution is -0.122. The summed E-state index contributed by atoms with van der Waals surface area (Å²) in [5, 5.41) is 6.27. The number of imide groups is 1. The van der Waals surface area contributed by atoms with Gasteiger partial charge >= 0.3 is 0 Å². The van der Waals surface area contributed by atoms with Crippen molar-refractivity contribution in [1.82, 2.24) is 15.5 Å². The van der Waals surface area contributed by atoms with Crippen LogP contribution < -0.4 is 10.6 Å². The average molecular weight is 359 g/mol. The molecule has 2 aliphatic rings. The summed E-state index contributed by atoms with van der Waals surface area (Å²) < 4.78 is 5.35. The van der Waals surface area contributed by atoms with Crippen LogP contribution in [0, 0.1) is 5.41 Å². The van der Waals surface area contributed by atoms with Gasteiger partial charge < -0.3 is 15.4 Å². The molecule has 0 radical (unpaired) electrons. The average Bonchev–Trinajstić information content (AvgIpc) is 2.90. The van der Waals surface area contributed by atoms with Gasteiger partial charge in [-0.05, 0) is 38.1 Å². The third-order valence-electron chi connectivity index (χ3n) is 5.22. The molecule has 1 aromatic rings. The summed E-state index contributed by atoms with van der Waals surface area (Å²) in [6, 6.07) is 6.74. The maximum atomic E-state index is 12.3. The first-order chi connectivity index (χ1) is 12.6. The molecule has 140 valence electrons. The van der Waals surface area contributed by atoms with Crippen LogP contribution in [0.1, 0.15) is 40.0 Å². The van der Waals surface area contributed by atoms with Gasteiger partial charge in [-0.3, -0.25) is 19.3 Å². The van der Waals surface area contributed by atoms with Crippen molar-refractivity contribution in [2.45, 2.75) is 19.3 Å². The number of ether oxygens (including phenoxy) is 1. The first kappa shape index (κ1) is 18.5. The highest BCUT2D eigenvalue weighted by Crippen LogP contribution is 2.28. The minimum absolute atomic E-state index is 0.0504. The highest BCUT2D eigenvalue weighted by molar-refractivity contribution is 6.21. The molecule has 2 heterocycles. The largest absolute Gasteiger partial charge is 0.384 e. The van der Waals surface area contributed by atoms with E-state index in [-0.39, 0.29) is 36.1 Å². The highest BCUT2D eigenvalue weighted by atomic mass is 16.5. The molecule has 0 atom stereocenters. The number of amides is 3. The van der Waals surface area contributed by atoms with Crippen LogP contribution in [0.15, 0.2) is 24.3 Å². The molecule has 0 aliphatic carbocycles. The predicted molar refractivity (Wildman–Crippen MR) is 95.8 cm³/mol. The molecule has 0 spiro atoms. The number of hydrogen-bond donors (Lipinski definition) is 2. The van der Waals surface area contributed by atoms with E-state index in [0.717, 1.165) is 30.8 Å². The molecule has 0 bridgehead atoms. The van der Waals surface area contributed by atoms with Crippen LogP contribution in [0.3, 0.4) is 0 Å². The molecule has 0 aromatic heterocycles. The molecule has 1 aromatic carbocycles. The van der Waals surface area contributed by atoms with E-state index in [1.54, 1.807) is 31.4 Å². The SMILES string of the molecule is COCC1(CNC(=O)CCN2C(=O)c3ccccc3C2=O)CCNCC1. The molecule has 7 heteroatoms. The van der Waals surface area contributed by atoms with E-state index in [2.05, 4.69) is 10.6 Å². The van der Waals surface area contributed by atoms with Crippen molar-refractivity contribution < 1.29 is 19.1 Å². The number of carbonyl (C=O) groups excluding carboxylic acids is 3. The minimum Gasteiger partial charge on any atom is -0.384 e. The Morgan fingerprint density at radius 1 is 1.19 bits per heavy atom. The van der Waals surface area contributed by atoms with Crippen LogP contribution in [-0.4, -0.2) is 62.5 Å². The lowest BCUT2D eigenvalue weighted by atomic mass is 9.79. The summed E-state index contributed by atoms with van der Waals surface area (Å²) in [6.07, 6.45) is 1.99. The number of methoxy groups -OCH3 is 1. The third-order valence-corrected chi connectivity index (χ3v) is 5.22. The van der Waals surface area contributed by atoms with Crippen molar-refractivity contribution in [2.24, 2.45) is 5.41 Å². The van der Waals surface area contributed by atoms with Crippen LogP contribution in [0.4, 0.5) is 0 Å².